The minimum Gasteiger partial charge on any atom is -0.461 e. The molecular weight excluding hydrogens is 362 g/mol. The molecule has 2 bridgehead atoms. The summed E-state index contributed by atoms with van der Waals surface area (Å²) < 4.78 is 57.9. The average Bonchev–Trinajstić information content (AvgIpc) is 2.62. The van der Waals surface area contributed by atoms with E-state index < -0.39 is 48.2 Å². The standard InChI is InChI=1S/C13H20NO8S2/c1-11(2)12(3)5-6-13(11,22-10(12)16)8-21-9(15)7-24(19,20)14-23(4,17)18/h5-8H2,1-4H3/q-1. The van der Waals surface area contributed by atoms with Crippen molar-refractivity contribution in [2.75, 3.05) is 18.6 Å². The molecule has 2 fully saturated rings. The highest BCUT2D eigenvalue weighted by Gasteiger charge is 2.73. The van der Waals surface area contributed by atoms with E-state index in [1.54, 1.807) is 6.92 Å². The molecule has 9 nitrogen and oxygen atoms in total. The monoisotopic (exact) mass is 382 g/mol. The molecule has 24 heavy (non-hydrogen) atoms. The van der Waals surface area contributed by atoms with Gasteiger partial charge in [0.2, 0.25) is 0 Å². The molecule has 0 aromatic heterocycles. The fourth-order valence-electron chi connectivity index (χ4n) is 3.31. The second-order valence-corrected chi connectivity index (χ2v) is 10.6. The lowest BCUT2D eigenvalue weighted by Gasteiger charge is -2.36. The summed E-state index contributed by atoms with van der Waals surface area (Å²) >= 11 is 0. The van der Waals surface area contributed by atoms with Crippen molar-refractivity contribution in [3.05, 3.63) is 4.13 Å². The van der Waals surface area contributed by atoms with Crippen LogP contribution in [0.2, 0.25) is 0 Å². The lowest BCUT2D eigenvalue weighted by Crippen LogP contribution is -2.45. The minimum absolute atomic E-state index is 0.283. The van der Waals surface area contributed by atoms with E-state index in [2.05, 4.69) is 4.13 Å². The number of hydrogen-bond donors (Lipinski definition) is 0. The largest absolute Gasteiger partial charge is 0.461 e. The van der Waals surface area contributed by atoms with E-state index in [1.165, 1.54) is 0 Å². The smallest absolute Gasteiger partial charge is 0.319 e. The van der Waals surface area contributed by atoms with Crippen LogP contribution in [-0.2, 0) is 39.1 Å². The van der Waals surface area contributed by atoms with Gasteiger partial charge in [-0.1, -0.05) is 13.8 Å². The topological polar surface area (TPSA) is 135 Å². The molecular formula is C13H20NO8S2-. The molecule has 2 atom stereocenters. The van der Waals surface area contributed by atoms with Gasteiger partial charge in [0.1, 0.15) is 12.4 Å². The normalized spacial score (nSPS) is 31.8. The summed E-state index contributed by atoms with van der Waals surface area (Å²) in [6.45, 7) is 5.19. The maximum absolute atomic E-state index is 12.1. The zero-order valence-corrected chi connectivity index (χ0v) is 15.5. The molecule has 1 heterocycles. The summed E-state index contributed by atoms with van der Waals surface area (Å²) in [5.41, 5.74) is -2.28. The first kappa shape index (κ1) is 19.1. The van der Waals surface area contributed by atoms with Gasteiger partial charge in [0.15, 0.2) is 5.60 Å². The predicted molar refractivity (Wildman–Crippen MR) is 82.9 cm³/mol. The van der Waals surface area contributed by atoms with Crippen molar-refractivity contribution in [1.29, 1.82) is 0 Å². The Balaban J connectivity index is 2.04. The molecule has 0 spiro atoms. The molecule has 0 aromatic rings. The van der Waals surface area contributed by atoms with Crippen LogP contribution in [0.4, 0.5) is 0 Å². The molecule has 11 heteroatoms. The molecule has 2 unspecified atom stereocenters. The van der Waals surface area contributed by atoms with E-state index in [4.69, 9.17) is 9.47 Å². The third-order valence-corrected chi connectivity index (χ3v) is 7.89. The molecule has 0 amide bonds. The fourth-order valence-corrected chi connectivity index (χ4v) is 5.55. The van der Waals surface area contributed by atoms with Crippen molar-refractivity contribution in [2.24, 2.45) is 10.8 Å². The first-order chi connectivity index (χ1) is 10.6. The number of esters is 2. The van der Waals surface area contributed by atoms with Crippen LogP contribution < -0.4 is 0 Å². The second kappa shape index (κ2) is 5.40. The van der Waals surface area contributed by atoms with Crippen molar-refractivity contribution in [3.63, 3.8) is 0 Å². The van der Waals surface area contributed by atoms with Gasteiger partial charge in [-0.15, -0.1) is 0 Å². The SMILES string of the molecule is CC12CCC(COC(=O)CS(=O)(=O)[N-]S(C)(=O)=O)(OC1=O)C2(C)C. The van der Waals surface area contributed by atoms with E-state index in [-0.39, 0.29) is 12.6 Å². The molecule has 1 aliphatic carbocycles. The predicted octanol–water partition coefficient (Wildman–Crippen LogP) is 0.315. The number of fused-ring (bicyclic) bond motifs is 2. The quantitative estimate of drug-likeness (QED) is 0.599. The van der Waals surface area contributed by atoms with E-state index in [1.807, 2.05) is 13.8 Å². The van der Waals surface area contributed by atoms with Gasteiger partial charge >= 0.3 is 11.9 Å². The van der Waals surface area contributed by atoms with E-state index in [0.717, 1.165) is 0 Å². The van der Waals surface area contributed by atoms with Crippen LogP contribution in [0.3, 0.4) is 0 Å². The molecule has 2 aliphatic rings. The number of hydrogen-bond acceptors (Lipinski definition) is 8. The Labute approximate surface area is 141 Å². The summed E-state index contributed by atoms with van der Waals surface area (Å²) in [7, 11) is -8.64. The van der Waals surface area contributed by atoms with Gasteiger partial charge in [0, 0.05) is 11.7 Å². The number of ether oxygens (including phenoxy) is 2. The summed E-state index contributed by atoms with van der Waals surface area (Å²) in [4.78, 5) is 23.8. The van der Waals surface area contributed by atoms with Crippen molar-refractivity contribution >= 4 is 32.0 Å². The van der Waals surface area contributed by atoms with Gasteiger partial charge in [-0.2, -0.15) is 0 Å². The lowest BCUT2D eigenvalue weighted by molar-refractivity contribution is -0.171. The zero-order chi connectivity index (χ0) is 18.6. The third kappa shape index (κ3) is 3.04. The van der Waals surface area contributed by atoms with Gasteiger partial charge < -0.3 is 13.6 Å². The number of carbonyl (C=O) groups excluding carboxylic acids is 2. The molecule has 1 aliphatic heterocycles. The summed E-state index contributed by atoms with van der Waals surface area (Å²) in [5.74, 6) is -2.71. The molecule has 0 N–H and O–H groups in total. The molecule has 1 saturated heterocycles. The van der Waals surface area contributed by atoms with Gasteiger partial charge in [0.25, 0.3) is 0 Å². The summed E-state index contributed by atoms with van der Waals surface area (Å²) in [6, 6.07) is 0. The maximum Gasteiger partial charge on any atom is 0.319 e. The number of rotatable bonds is 6. The Bertz CT molecular complexity index is 785. The van der Waals surface area contributed by atoms with Gasteiger partial charge in [-0.05, 0) is 19.8 Å². The Kier molecular flexibility index (Phi) is 4.30. The molecule has 138 valence electrons. The lowest BCUT2D eigenvalue weighted by atomic mass is 9.66. The number of nitrogens with zero attached hydrogens (tertiary/aromatic N) is 1. The summed E-state index contributed by atoms with van der Waals surface area (Å²) in [5, 5.41) is 0. The van der Waals surface area contributed by atoms with Crippen molar-refractivity contribution in [3.8, 4) is 0 Å². The zero-order valence-electron chi connectivity index (χ0n) is 13.9. The van der Waals surface area contributed by atoms with Crippen molar-refractivity contribution in [2.45, 2.75) is 39.2 Å². The average molecular weight is 382 g/mol. The third-order valence-electron chi connectivity index (χ3n) is 5.30. The molecule has 0 aromatic carbocycles. The minimum atomic E-state index is -4.50. The van der Waals surface area contributed by atoms with E-state index in [0.29, 0.717) is 19.1 Å². The molecule has 2 rings (SSSR count). The first-order valence-electron chi connectivity index (χ1n) is 7.20. The Hall–Kier alpha value is -1.20. The highest BCUT2D eigenvalue weighted by atomic mass is 32.3. The number of carbonyl (C=O) groups is 2. The Morgan fingerprint density at radius 3 is 2.21 bits per heavy atom. The fraction of sp³-hybridized carbons (Fsp3) is 0.846. The van der Waals surface area contributed by atoms with Crippen LogP contribution in [0.1, 0.15) is 33.6 Å². The van der Waals surface area contributed by atoms with Gasteiger partial charge in [-0.25, -0.2) is 16.8 Å². The van der Waals surface area contributed by atoms with Crippen molar-refractivity contribution < 1.29 is 35.9 Å². The Morgan fingerprint density at radius 1 is 1.21 bits per heavy atom. The highest BCUT2D eigenvalue weighted by molar-refractivity contribution is 8.12. The van der Waals surface area contributed by atoms with Gasteiger partial charge in [-0.3, -0.25) is 9.59 Å². The number of sulfonamides is 2. The van der Waals surface area contributed by atoms with Gasteiger partial charge in [0.05, 0.1) is 25.5 Å². The summed E-state index contributed by atoms with van der Waals surface area (Å²) in [6.07, 6.45) is 1.68. The van der Waals surface area contributed by atoms with Crippen LogP contribution in [0.5, 0.6) is 0 Å². The van der Waals surface area contributed by atoms with Crippen molar-refractivity contribution in [1.82, 2.24) is 0 Å². The van der Waals surface area contributed by atoms with Crippen LogP contribution >= 0.6 is 0 Å². The molecule has 0 radical (unpaired) electrons. The van der Waals surface area contributed by atoms with E-state index in [9.17, 15) is 26.4 Å². The van der Waals surface area contributed by atoms with Crippen LogP contribution in [0.25, 0.3) is 4.13 Å². The highest BCUT2D eigenvalue weighted by Crippen LogP contribution is 2.65. The van der Waals surface area contributed by atoms with E-state index >= 15 is 0 Å². The van der Waals surface area contributed by atoms with Crippen LogP contribution in [0.15, 0.2) is 0 Å². The second-order valence-electron chi connectivity index (χ2n) is 7.04. The van der Waals surface area contributed by atoms with Crippen LogP contribution in [0, 0.1) is 10.8 Å². The molecule has 1 saturated carbocycles. The first-order valence-corrected chi connectivity index (χ1v) is 10.7. The Morgan fingerprint density at radius 2 is 1.79 bits per heavy atom. The maximum atomic E-state index is 12.1. The van der Waals surface area contributed by atoms with Crippen LogP contribution in [-0.4, -0.2) is 53.0 Å².